The van der Waals surface area contributed by atoms with Crippen molar-refractivity contribution >= 4 is 15.7 Å². The lowest BCUT2D eigenvalue weighted by molar-refractivity contribution is -0.122. The van der Waals surface area contributed by atoms with Gasteiger partial charge in [0.05, 0.1) is 11.3 Å². The van der Waals surface area contributed by atoms with E-state index in [0.717, 1.165) is 12.0 Å². The molecule has 21 heavy (non-hydrogen) atoms. The van der Waals surface area contributed by atoms with Crippen LogP contribution in [0, 0.1) is 0 Å². The molecule has 1 saturated heterocycles. The highest BCUT2D eigenvalue weighted by atomic mass is 32.2. The van der Waals surface area contributed by atoms with E-state index in [2.05, 4.69) is 5.32 Å². The van der Waals surface area contributed by atoms with Crippen LogP contribution >= 0.6 is 0 Å². The molecule has 6 heteroatoms. The van der Waals surface area contributed by atoms with Crippen LogP contribution in [-0.4, -0.2) is 31.9 Å². The molecule has 0 aromatic heterocycles. The van der Waals surface area contributed by atoms with Crippen molar-refractivity contribution in [1.29, 1.82) is 0 Å². The second kappa shape index (κ2) is 6.15. The quantitative estimate of drug-likeness (QED) is 0.866. The predicted molar refractivity (Wildman–Crippen MR) is 82.4 cm³/mol. The van der Waals surface area contributed by atoms with E-state index in [1.807, 2.05) is 37.3 Å². The molecule has 1 aromatic carbocycles. The Morgan fingerprint density at radius 3 is 2.57 bits per heavy atom. The molecule has 2 unspecified atom stereocenters. The van der Waals surface area contributed by atoms with E-state index in [1.54, 1.807) is 0 Å². The maximum Gasteiger partial charge on any atom is 0.239 e. The first-order valence-electron chi connectivity index (χ1n) is 7.18. The van der Waals surface area contributed by atoms with Crippen LogP contribution in [-0.2, 0) is 20.2 Å². The molecule has 3 N–H and O–H groups in total. The van der Waals surface area contributed by atoms with E-state index >= 15 is 0 Å². The van der Waals surface area contributed by atoms with Crippen LogP contribution in [0.3, 0.4) is 0 Å². The third-order valence-electron chi connectivity index (χ3n) is 4.09. The van der Waals surface area contributed by atoms with Gasteiger partial charge in [0.25, 0.3) is 0 Å². The number of amides is 1. The van der Waals surface area contributed by atoms with Crippen LogP contribution in [0.1, 0.15) is 31.7 Å². The van der Waals surface area contributed by atoms with Gasteiger partial charge in [-0.3, -0.25) is 4.79 Å². The van der Waals surface area contributed by atoms with Crippen molar-refractivity contribution < 1.29 is 13.2 Å². The van der Waals surface area contributed by atoms with Crippen molar-refractivity contribution in [1.82, 2.24) is 5.32 Å². The third-order valence-corrected chi connectivity index (χ3v) is 6.26. The first-order valence-corrected chi connectivity index (χ1v) is 8.90. The fourth-order valence-electron chi connectivity index (χ4n) is 2.65. The standard InChI is InChI=1S/C15H22N2O3S/c1-15(11-16,12-7-3-2-4-8-12)17-14(18)13-9-5-6-10-21(13,19)20/h2-4,7-8,13H,5-6,9-11,16H2,1H3,(H,17,18). The van der Waals surface area contributed by atoms with E-state index in [1.165, 1.54) is 0 Å². The molecule has 2 rings (SSSR count). The molecule has 0 bridgehead atoms. The monoisotopic (exact) mass is 310 g/mol. The fourth-order valence-corrected chi connectivity index (χ4v) is 4.45. The highest BCUT2D eigenvalue weighted by Gasteiger charge is 2.38. The molecule has 1 aromatic rings. The van der Waals surface area contributed by atoms with E-state index in [4.69, 9.17) is 5.73 Å². The number of carbonyl (C=O) groups is 1. The van der Waals surface area contributed by atoms with Crippen LogP contribution in [0.25, 0.3) is 0 Å². The van der Waals surface area contributed by atoms with Crippen molar-refractivity contribution in [3.8, 4) is 0 Å². The van der Waals surface area contributed by atoms with E-state index < -0.39 is 26.5 Å². The molecular formula is C15H22N2O3S. The minimum atomic E-state index is -3.34. The topological polar surface area (TPSA) is 89.3 Å². The molecule has 2 atom stereocenters. The predicted octanol–water partition coefficient (Wildman–Crippen LogP) is 0.944. The molecule has 0 saturated carbocycles. The molecule has 0 radical (unpaired) electrons. The largest absolute Gasteiger partial charge is 0.344 e. The molecule has 1 aliphatic heterocycles. The molecule has 116 valence electrons. The highest BCUT2D eigenvalue weighted by Crippen LogP contribution is 2.23. The van der Waals surface area contributed by atoms with Crippen molar-refractivity contribution in [2.45, 2.75) is 37.0 Å². The lowest BCUT2D eigenvalue weighted by Gasteiger charge is -2.32. The number of carbonyl (C=O) groups excluding carboxylic acids is 1. The van der Waals surface area contributed by atoms with Gasteiger partial charge in [-0.2, -0.15) is 0 Å². The smallest absolute Gasteiger partial charge is 0.239 e. The van der Waals surface area contributed by atoms with Crippen LogP contribution in [0.15, 0.2) is 30.3 Å². The maximum atomic E-state index is 12.4. The average Bonchev–Trinajstić information content (AvgIpc) is 2.47. The zero-order chi connectivity index (χ0) is 15.5. The molecular weight excluding hydrogens is 288 g/mol. The summed E-state index contributed by atoms with van der Waals surface area (Å²) in [6, 6.07) is 9.37. The third kappa shape index (κ3) is 3.44. The lowest BCUT2D eigenvalue weighted by atomic mass is 9.91. The Hall–Kier alpha value is -1.40. The second-order valence-electron chi connectivity index (χ2n) is 5.74. The number of hydrogen-bond acceptors (Lipinski definition) is 4. The Bertz CT molecular complexity index is 601. The molecule has 0 spiro atoms. The molecule has 1 heterocycles. The van der Waals surface area contributed by atoms with E-state index in [0.29, 0.717) is 12.8 Å². The zero-order valence-electron chi connectivity index (χ0n) is 12.2. The van der Waals surface area contributed by atoms with Gasteiger partial charge in [-0.25, -0.2) is 8.42 Å². The number of sulfone groups is 1. The Balaban J connectivity index is 2.20. The number of benzene rings is 1. The highest BCUT2D eigenvalue weighted by molar-refractivity contribution is 7.92. The minimum absolute atomic E-state index is 0.0930. The summed E-state index contributed by atoms with van der Waals surface area (Å²) in [6.45, 7) is 2.02. The summed E-state index contributed by atoms with van der Waals surface area (Å²) >= 11 is 0. The summed E-state index contributed by atoms with van der Waals surface area (Å²) in [4.78, 5) is 12.4. The summed E-state index contributed by atoms with van der Waals surface area (Å²) in [7, 11) is -3.34. The van der Waals surface area contributed by atoms with Gasteiger partial charge in [0, 0.05) is 6.54 Å². The lowest BCUT2D eigenvalue weighted by Crippen LogP contribution is -2.54. The summed E-state index contributed by atoms with van der Waals surface area (Å²) in [5, 5.41) is 1.90. The first-order chi connectivity index (χ1) is 9.89. The number of nitrogens with one attached hydrogen (secondary N) is 1. The van der Waals surface area contributed by atoms with Crippen LogP contribution in [0.2, 0.25) is 0 Å². The van der Waals surface area contributed by atoms with Gasteiger partial charge < -0.3 is 11.1 Å². The van der Waals surface area contributed by atoms with Gasteiger partial charge in [0.15, 0.2) is 9.84 Å². The molecule has 5 nitrogen and oxygen atoms in total. The minimum Gasteiger partial charge on any atom is -0.344 e. The number of rotatable bonds is 4. The Morgan fingerprint density at radius 1 is 1.33 bits per heavy atom. The van der Waals surface area contributed by atoms with Crippen LogP contribution in [0.5, 0.6) is 0 Å². The molecule has 0 aliphatic carbocycles. The van der Waals surface area contributed by atoms with Crippen LogP contribution in [0.4, 0.5) is 0 Å². The molecule has 1 amide bonds. The van der Waals surface area contributed by atoms with Crippen molar-refractivity contribution in [3.63, 3.8) is 0 Å². The van der Waals surface area contributed by atoms with E-state index in [-0.39, 0.29) is 12.3 Å². The maximum absolute atomic E-state index is 12.4. The second-order valence-corrected chi connectivity index (χ2v) is 8.05. The van der Waals surface area contributed by atoms with Gasteiger partial charge in [0.1, 0.15) is 5.25 Å². The average molecular weight is 310 g/mol. The Kier molecular flexibility index (Phi) is 4.68. The number of hydrogen-bond donors (Lipinski definition) is 2. The number of nitrogens with two attached hydrogens (primary N) is 1. The van der Waals surface area contributed by atoms with Crippen LogP contribution < -0.4 is 11.1 Å². The summed E-state index contributed by atoms with van der Waals surface area (Å²) < 4.78 is 24.1. The zero-order valence-corrected chi connectivity index (χ0v) is 13.0. The van der Waals surface area contributed by atoms with Crippen molar-refractivity contribution in [3.05, 3.63) is 35.9 Å². The van der Waals surface area contributed by atoms with Crippen molar-refractivity contribution in [2.75, 3.05) is 12.3 Å². The van der Waals surface area contributed by atoms with Gasteiger partial charge >= 0.3 is 0 Å². The SMILES string of the molecule is CC(CN)(NC(=O)C1CCCCS1(=O)=O)c1ccccc1. The van der Waals surface area contributed by atoms with Crippen molar-refractivity contribution in [2.24, 2.45) is 5.73 Å². The summed E-state index contributed by atoms with van der Waals surface area (Å²) in [6.07, 6.45) is 1.80. The summed E-state index contributed by atoms with van der Waals surface area (Å²) in [5.41, 5.74) is 5.93. The van der Waals surface area contributed by atoms with Gasteiger partial charge in [-0.1, -0.05) is 36.8 Å². The fraction of sp³-hybridized carbons (Fsp3) is 0.533. The Morgan fingerprint density at radius 2 is 2.00 bits per heavy atom. The molecule has 1 aliphatic rings. The van der Waals surface area contributed by atoms with E-state index in [9.17, 15) is 13.2 Å². The first kappa shape index (κ1) is 16.0. The van der Waals surface area contributed by atoms with Gasteiger partial charge in [0.2, 0.25) is 5.91 Å². The molecule has 1 fully saturated rings. The summed E-state index contributed by atoms with van der Waals surface area (Å²) in [5.74, 6) is -0.345. The van der Waals surface area contributed by atoms with Gasteiger partial charge in [-0.15, -0.1) is 0 Å². The normalized spacial score (nSPS) is 24.0. The van der Waals surface area contributed by atoms with Gasteiger partial charge in [-0.05, 0) is 25.3 Å². The Labute approximate surface area is 125 Å².